The molecular weight excluding hydrogens is 476 g/mol. The number of ether oxygens (including phenoxy) is 3. The number of aryl methyl sites for hydroxylation is 1. The number of hydrogen-bond acceptors (Lipinski definition) is 5. The second kappa shape index (κ2) is 10.9. The topological polar surface area (TPSA) is 74.8 Å². The van der Waals surface area contributed by atoms with Crippen molar-refractivity contribution in [1.29, 1.82) is 0 Å². The van der Waals surface area contributed by atoms with Crippen molar-refractivity contribution in [2.45, 2.75) is 36.9 Å². The molecule has 0 amide bonds. The highest BCUT2D eigenvalue weighted by atomic mass is 16.6. The monoisotopic (exact) mass is 508 g/mol. The molecule has 4 aromatic carbocycles. The lowest BCUT2D eigenvalue weighted by Crippen LogP contribution is -2.15. The van der Waals surface area contributed by atoms with Crippen LogP contribution >= 0.6 is 0 Å². The third kappa shape index (κ3) is 6.01. The van der Waals surface area contributed by atoms with Crippen LogP contribution in [0.1, 0.15) is 46.1 Å². The summed E-state index contributed by atoms with van der Waals surface area (Å²) in [5.41, 5.74) is 5.82. The average Bonchev–Trinajstić information content (AvgIpc) is 3.87. The van der Waals surface area contributed by atoms with Gasteiger partial charge in [0, 0.05) is 11.8 Å². The van der Waals surface area contributed by atoms with Gasteiger partial charge in [-0.05, 0) is 77.1 Å². The standard InChI is InChI=1S/C33H32O5/c34-27-12-6-24(7-13-27)32(23-4-1-22(2-5-23)3-16-30-19-37-30)33(25-8-14-28(35)15-9-25)26-10-17-29(18-11-26)36-20-31-21-38-31/h1-2,4-15,17-18,30-35H,3,16,19-21H2. The van der Waals surface area contributed by atoms with Gasteiger partial charge in [-0.3, -0.25) is 0 Å². The van der Waals surface area contributed by atoms with Gasteiger partial charge in [-0.2, -0.15) is 0 Å². The van der Waals surface area contributed by atoms with E-state index >= 15 is 0 Å². The van der Waals surface area contributed by atoms with E-state index in [0.717, 1.165) is 48.5 Å². The molecule has 5 heteroatoms. The third-order valence-corrected chi connectivity index (χ3v) is 7.41. The van der Waals surface area contributed by atoms with E-state index in [4.69, 9.17) is 14.2 Å². The summed E-state index contributed by atoms with van der Waals surface area (Å²) in [6.07, 6.45) is 2.68. The fraction of sp³-hybridized carbons (Fsp3) is 0.273. The van der Waals surface area contributed by atoms with Crippen LogP contribution in [-0.4, -0.2) is 42.2 Å². The Kier molecular flexibility index (Phi) is 7.04. The molecule has 0 bridgehead atoms. The number of epoxide rings is 2. The molecule has 38 heavy (non-hydrogen) atoms. The minimum Gasteiger partial charge on any atom is -0.508 e. The van der Waals surface area contributed by atoms with Crippen LogP contribution in [0.3, 0.4) is 0 Å². The minimum absolute atomic E-state index is 0.0207. The number of phenolic OH excluding ortho intramolecular Hbond substituents is 2. The molecule has 2 heterocycles. The van der Waals surface area contributed by atoms with Crippen LogP contribution < -0.4 is 4.74 Å². The molecule has 0 aliphatic carbocycles. The van der Waals surface area contributed by atoms with Crippen molar-refractivity contribution in [3.63, 3.8) is 0 Å². The second-order valence-electron chi connectivity index (χ2n) is 10.2. The third-order valence-electron chi connectivity index (χ3n) is 7.41. The molecule has 0 aromatic heterocycles. The maximum atomic E-state index is 10.0. The van der Waals surface area contributed by atoms with Gasteiger partial charge in [0.05, 0.1) is 19.3 Å². The van der Waals surface area contributed by atoms with Crippen LogP contribution in [0, 0.1) is 0 Å². The predicted molar refractivity (Wildman–Crippen MR) is 146 cm³/mol. The van der Waals surface area contributed by atoms with E-state index in [-0.39, 0.29) is 29.4 Å². The lowest BCUT2D eigenvalue weighted by atomic mass is 9.73. The Bertz CT molecular complexity index is 1220. The van der Waals surface area contributed by atoms with E-state index < -0.39 is 0 Å². The van der Waals surface area contributed by atoms with Crippen LogP contribution in [0.4, 0.5) is 0 Å². The highest BCUT2D eigenvalue weighted by Crippen LogP contribution is 2.44. The smallest absolute Gasteiger partial charge is 0.119 e. The first kappa shape index (κ1) is 24.5. The van der Waals surface area contributed by atoms with E-state index in [0.29, 0.717) is 12.7 Å². The summed E-state index contributed by atoms with van der Waals surface area (Å²) in [7, 11) is 0. The lowest BCUT2D eigenvalue weighted by Gasteiger charge is -2.30. The number of phenols is 2. The van der Waals surface area contributed by atoms with Crippen LogP contribution in [0.25, 0.3) is 0 Å². The molecular formula is C33H32O5. The molecule has 2 aliphatic heterocycles. The number of rotatable bonds is 11. The summed E-state index contributed by atoms with van der Waals surface area (Å²) in [6.45, 7) is 2.21. The van der Waals surface area contributed by atoms with Gasteiger partial charge in [0.15, 0.2) is 0 Å². The molecule has 6 rings (SSSR count). The van der Waals surface area contributed by atoms with E-state index in [2.05, 4.69) is 36.4 Å². The first-order valence-electron chi connectivity index (χ1n) is 13.2. The van der Waals surface area contributed by atoms with E-state index in [1.807, 2.05) is 36.4 Å². The van der Waals surface area contributed by atoms with E-state index in [1.165, 1.54) is 11.1 Å². The minimum atomic E-state index is -0.0355. The summed E-state index contributed by atoms with van der Waals surface area (Å²) < 4.78 is 16.5. The Morgan fingerprint density at radius 1 is 0.605 bits per heavy atom. The Labute approximate surface area is 223 Å². The Balaban J connectivity index is 1.38. The van der Waals surface area contributed by atoms with Crippen molar-refractivity contribution in [2.24, 2.45) is 0 Å². The SMILES string of the molecule is Oc1ccc(C(c2ccc(CCC3CO3)cc2)C(c2ccc(O)cc2)c2ccc(OCC3CO3)cc2)cc1. The molecule has 4 unspecified atom stereocenters. The van der Waals surface area contributed by atoms with Crippen LogP contribution in [-0.2, 0) is 15.9 Å². The highest BCUT2D eigenvalue weighted by molar-refractivity contribution is 5.47. The largest absolute Gasteiger partial charge is 0.508 e. The lowest BCUT2D eigenvalue weighted by molar-refractivity contribution is 0.263. The van der Waals surface area contributed by atoms with E-state index in [1.54, 1.807) is 24.3 Å². The van der Waals surface area contributed by atoms with Crippen LogP contribution in [0.2, 0.25) is 0 Å². The molecule has 0 radical (unpaired) electrons. The molecule has 2 N–H and O–H groups in total. The van der Waals surface area contributed by atoms with Crippen molar-refractivity contribution in [3.05, 3.63) is 125 Å². The molecule has 2 fully saturated rings. The van der Waals surface area contributed by atoms with Crippen molar-refractivity contribution in [3.8, 4) is 17.2 Å². The molecule has 5 nitrogen and oxygen atoms in total. The molecule has 194 valence electrons. The summed E-state index contributed by atoms with van der Waals surface area (Å²) in [5.74, 6) is 1.24. The summed E-state index contributed by atoms with van der Waals surface area (Å²) in [5, 5.41) is 20.0. The van der Waals surface area contributed by atoms with Gasteiger partial charge in [-0.25, -0.2) is 0 Å². The number of aromatic hydroxyl groups is 2. The molecule has 0 saturated carbocycles. The van der Waals surface area contributed by atoms with Gasteiger partial charge in [-0.15, -0.1) is 0 Å². The summed E-state index contributed by atoms with van der Waals surface area (Å²) in [4.78, 5) is 0. The van der Waals surface area contributed by atoms with Crippen LogP contribution in [0.5, 0.6) is 17.2 Å². The molecule has 0 spiro atoms. The molecule has 4 aromatic rings. The average molecular weight is 509 g/mol. The quantitative estimate of drug-likeness (QED) is 0.237. The van der Waals surface area contributed by atoms with Crippen LogP contribution in [0.15, 0.2) is 97.1 Å². The predicted octanol–water partition coefficient (Wildman–Crippen LogP) is 6.17. The van der Waals surface area contributed by atoms with Crippen molar-refractivity contribution >= 4 is 0 Å². The van der Waals surface area contributed by atoms with E-state index in [9.17, 15) is 10.2 Å². The molecule has 2 saturated heterocycles. The zero-order valence-electron chi connectivity index (χ0n) is 21.2. The Morgan fingerprint density at radius 3 is 1.47 bits per heavy atom. The zero-order valence-corrected chi connectivity index (χ0v) is 21.2. The van der Waals surface area contributed by atoms with Crippen molar-refractivity contribution in [1.82, 2.24) is 0 Å². The van der Waals surface area contributed by atoms with Gasteiger partial charge in [0.1, 0.15) is 30.0 Å². The van der Waals surface area contributed by atoms with Gasteiger partial charge >= 0.3 is 0 Å². The maximum absolute atomic E-state index is 10.0. The molecule has 4 atom stereocenters. The molecule has 2 aliphatic rings. The number of hydrogen-bond donors (Lipinski definition) is 2. The second-order valence-corrected chi connectivity index (χ2v) is 10.2. The normalized spacial score (nSPS) is 19.5. The first-order valence-corrected chi connectivity index (χ1v) is 13.2. The first-order chi connectivity index (χ1) is 18.6. The zero-order chi connectivity index (χ0) is 25.9. The highest BCUT2D eigenvalue weighted by Gasteiger charge is 2.29. The van der Waals surface area contributed by atoms with Gasteiger partial charge in [-0.1, -0.05) is 60.7 Å². The fourth-order valence-electron chi connectivity index (χ4n) is 5.10. The Hall–Kier alpha value is -3.80. The maximum Gasteiger partial charge on any atom is 0.119 e. The summed E-state index contributed by atoms with van der Waals surface area (Å²) in [6, 6.07) is 32.1. The van der Waals surface area contributed by atoms with Gasteiger partial charge < -0.3 is 24.4 Å². The van der Waals surface area contributed by atoms with Gasteiger partial charge in [0.25, 0.3) is 0 Å². The summed E-state index contributed by atoms with van der Waals surface area (Å²) >= 11 is 0. The van der Waals surface area contributed by atoms with Crippen molar-refractivity contribution < 1.29 is 24.4 Å². The van der Waals surface area contributed by atoms with Gasteiger partial charge in [0.2, 0.25) is 0 Å². The number of benzene rings is 4. The van der Waals surface area contributed by atoms with Crippen molar-refractivity contribution in [2.75, 3.05) is 19.8 Å². The fourth-order valence-corrected chi connectivity index (χ4v) is 5.10. The Morgan fingerprint density at radius 2 is 1.03 bits per heavy atom.